The van der Waals surface area contributed by atoms with Gasteiger partial charge in [0.1, 0.15) is 5.82 Å². The maximum Gasteiger partial charge on any atom is 0.227 e. The van der Waals surface area contributed by atoms with Crippen LogP contribution in [0, 0.1) is 12.8 Å². The lowest BCUT2D eigenvalue weighted by molar-refractivity contribution is -0.138. The van der Waals surface area contributed by atoms with E-state index in [-0.39, 0.29) is 18.0 Å². The van der Waals surface area contributed by atoms with Crippen molar-refractivity contribution < 1.29 is 4.79 Å². The van der Waals surface area contributed by atoms with E-state index in [0.29, 0.717) is 5.91 Å². The summed E-state index contributed by atoms with van der Waals surface area (Å²) in [4.78, 5) is 22.5. The van der Waals surface area contributed by atoms with Crippen LogP contribution in [-0.4, -0.2) is 62.6 Å². The molecule has 0 spiro atoms. The molecule has 0 saturated carbocycles. The first-order chi connectivity index (χ1) is 14.1. The SMILES string of the molecule is Cc1cn2nc(C3CCCCN3C(=O)C3CCSC3)cc2nc1N1CCC(N)C1. The number of hydrogen-bond donors (Lipinski definition) is 1. The number of carbonyl (C=O) groups is 1. The lowest BCUT2D eigenvalue weighted by Crippen LogP contribution is -2.42. The predicted molar refractivity (Wildman–Crippen MR) is 116 cm³/mol. The molecule has 29 heavy (non-hydrogen) atoms. The van der Waals surface area contributed by atoms with E-state index in [2.05, 4.69) is 29.0 Å². The van der Waals surface area contributed by atoms with E-state index in [1.165, 1.54) is 0 Å². The first kappa shape index (κ1) is 19.2. The summed E-state index contributed by atoms with van der Waals surface area (Å²) < 4.78 is 1.88. The van der Waals surface area contributed by atoms with Gasteiger partial charge >= 0.3 is 0 Å². The number of amides is 1. The Morgan fingerprint density at radius 2 is 2.14 bits per heavy atom. The van der Waals surface area contributed by atoms with Crippen LogP contribution in [0.4, 0.5) is 5.82 Å². The number of rotatable bonds is 3. The number of carbonyl (C=O) groups excluding carboxylic acids is 1. The Bertz CT molecular complexity index is 908. The number of likely N-dealkylation sites (tertiary alicyclic amines) is 1. The molecule has 1 amide bonds. The minimum absolute atomic E-state index is 0.0764. The maximum absolute atomic E-state index is 13.2. The van der Waals surface area contributed by atoms with Crippen LogP contribution in [0.3, 0.4) is 0 Å². The summed E-state index contributed by atoms with van der Waals surface area (Å²) in [6.07, 6.45) is 7.31. The van der Waals surface area contributed by atoms with E-state index in [4.69, 9.17) is 15.8 Å². The quantitative estimate of drug-likeness (QED) is 0.831. The highest BCUT2D eigenvalue weighted by Crippen LogP contribution is 2.35. The molecule has 8 heteroatoms. The van der Waals surface area contributed by atoms with Gasteiger partial charge in [-0.3, -0.25) is 4.79 Å². The van der Waals surface area contributed by atoms with Gasteiger partial charge in [-0.05, 0) is 44.8 Å². The number of nitrogens with zero attached hydrogens (tertiary/aromatic N) is 5. The molecule has 2 aromatic rings. The topological polar surface area (TPSA) is 79.8 Å². The molecule has 0 bridgehead atoms. The van der Waals surface area contributed by atoms with Crippen molar-refractivity contribution in [2.24, 2.45) is 11.7 Å². The normalized spacial score (nSPS) is 27.9. The average molecular weight is 415 g/mol. The van der Waals surface area contributed by atoms with Crippen molar-refractivity contribution in [2.75, 3.05) is 36.0 Å². The monoisotopic (exact) mass is 414 g/mol. The third kappa shape index (κ3) is 3.61. The molecule has 3 aliphatic heterocycles. The molecule has 0 aliphatic carbocycles. The van der Waals surface area contributed by atoms with Crippen LogP contribution >= 0.6 is 11.8 Å². The second kappa shape index (κ2) is 7.80. The fourth-order valence-electron chi connectivity index (χ4n) is 4.95. The number of aryl methyl sites for hydroxylation is 1. The van der Waals surface area contributed by atoms with Crippen LogP contribution in [0.25, 0.3) is 5.65 Å². The van der Waals surface area contributed by atoms with Crippen molar-refractivity contribution in [1.29, 1.82) is 0 Å². The van der Waals surface area contributed by atoms with Crippen LogP contribution in [0.2, 0.25) is 0 Å². The number of fused-ring (bicyclic) bond motifs is 1. The van der Waals surface area contributed by atoms with Gasteiger partial charge in [-0.15, -0.1) is 0 Å². The predicted octanol–water partition coefficient (Wildman–Crippen LogP) is 2.38. The van der Waals surface area contributed by atoms with E-state index in [1.54, 1.807) is 0 Å². The number of anilines is 1. The van der Waals surface area contributed by atoms with E-state index in [9.17, 15) is 4.79 Å². The van der Waals surface area contributed by atoms with Gasteiger partial charge in [0.05, 0.1) is 11.7 Å². The molecule has 156 valence electrons. The van der Waals surface area contributed by atoms with Crippen molar-refractivity contribution in [2.45, 2.75) is 51.1 Å². The van der Waals surface area contributed by atoms with Crippen LogP contribution in [-0.2, 0) is 4.79 Å². The van der Waals surface area contributed by atoms with E-state index in [0.717, 1.165) is 86.0 Å². The Kier molecular flexibility index (Phi) is 5.16. The summed E-state index contributed by atoms with van der Waals surface area (Å²) >= 11 is 1.90. The van der Waals surface area contributed by atoms with Gasteiger partial charge in [-0.25, -0.2) is 9.50 Å². The van der Waals surface area contributed by atoms with Crippen molar-refractivity contribution >= 4 is 29.1 Å². The third-order valence-electron chi connectivity index (χ3n) is 6.55. The van der Waals surface area contributed by atoms with Crippen molar-refractivity contribution in [3.8, 4) is 0 Å². The lowest BCUT2D eigenvalue weighted by atomic mass is 9.96. The van der Waals surface area contributed by atoms with Gasteiger partial charge in [0.2, 0.25) is 5.91 Å². The highest BCUT2D eigenvalue weighted by molar-refractivity contribution is 7.99. The van der Waals surface area contributed by atoms with Gasteiger partial charge in [0, 0.05) is 55.2 Å². The lowest BCUT2D eigenvalue weighted by Gasteiger charge is -2.36. The summed E-state index contributed by atoms with van der Waals surface area (Å²) in [6, 6.07) is 2.38. The van der Waals surface area contributed by atoms with Crippen molar-refractivity contribution in [1.82, 2.24) is 19.5 Å². The minimum Gasteiger partial charge on any atom is -0.355 e. The number of piperidine rings is 1. The molecule has 2 N–H and O–H groups in total. The average Bonchev–Trinajstić information content (AvgIpc) is 3.47. The minimum atomic E-state index is 0.0764. The Balaban J connectivity index is 1.44. The molecule has 2 aromatic heterocycles. The molecule has 0 radical (unpaired) electrons. The number of thioether (sulfide) groups is 1. The highest BCUT2D eigenvalue weighted by atomic mass is 32.2. The summed E-state index contributed by atoms with van der Waals surface area (Å²) in [5.41, 5.74) is 9.04. The van der Waals surface area contributed by atoms with Crippen molar-refractivity contribution in [3.63, 3.8) is 0 Å². The summed E-state index contributed by atoms with van der Waals surface area (Å²) in [7, 11) is 0. The molecule has 3 saturated heterocycles. The number of nitrogens with two attached hydrogens (primary N) is 1. The van der Waals surface area contributed by atoms with Gasteiger partial charge in [-0.1, -0.05) is 0 Å². The number of hydrogen-bond acceptors (Lipinski definition) is 6. The Morgan fingerprint density at radius 3 is 2.90 bits per heavy atom. The van der Waals surface area contributed by atoms with Gasteiger partial charge in [-0.2, -0.15) is 16.9 Å². The Hall–Kier alpha value is -1.80. The van der Waals surface area contributed by atoms with Gasteiger partial charge < -0.3 is 15.5 Å². The maximum atomic E-state index is 13.2. The van der Waals surface area contributed by atoms with Crippen LogP contribution in [0.1, 0.15) is 49.4 Å². The molecule has 0 aromatic carbocycles. The molecular formula is C21H30N6OS. The molecular weight excluding hydrogens is 384 g/mol. The molecule has 7 nitrogen and oxygen atoms in total. The standard InChI is InChI=1S/C21H30N6OS/c1-14-11-27-19(23-20(14)25-8-5-16(22)12-25)10-17(24-27)18-4-2-3-7-26(18)21(28)15-6-9-29-13-15/h10-11,15-16,18H,2-9,12-13,22H2,1H3. The van der Waals surface area contributed by atoms with Crippen LogP contribution in [0.5, 0.6) is 0 Å². The zero-order chi connectivity index (χ0) is 20.0. The van der Waals surface area contributed by atoms with Crippen molar-refractivity contribution in [3.05, 3.63) is 23.5 Å². The number of aromatic nitrogens is 3. The summed E-state index contributed by atoms with van der Waals surface area (Å²) in [6.45, 7) is 4.74. The second-order valence-electron chi connectivity index (χ2n) is 8.72. The molecule has 5 rings (SSSR count). The molecule has 3 atom stereocenters. The third-order valence-corrected chi connectivity index (χ3v) is 7.72. The van der Waals surface area contributed by atoms with E-state index in [1.807, 2.05) is 16.3 Å². The summed E-state index contributed by atoms with van der Waals surface area (Å²) in [5.74, 6) is 3.60. The Morgan fingerprint density at radius 1 is 1.24 bits per heavy atom. The van der Waals surface area contributed by atoms with E-state index >= 15 is 0 Å². The first-order valence-electron chi connectivity index (χ1n) is 10.9. The van der Waals surface area contributed by atoms with E-state index < -0.39 is 0 Å². The van der Waals surface area contributed by atoms with Gasteiger partial charge in [0.15, 0.2) is 5.65 Å². The van der Waals surface area contributed by atoms with Gasteiger partial charge in [0.25, 0.3) is 0 Å². The fourth-order valence-corrected chi connectivity index (χ4v) is 6.16. The molecule has 3 unspecified atom stereocenters. The van der Waals surface area contributed by atoms with Crippen LogP contribution < -0.4 is 10.6 Å². The zero-order valence-corrected chi connectivity index (χ0v) is 17.9. The Labute approximate surface area is 176 Å². The smallest absolute Gasteiger partial charge is 0.227 e. The first-order valence-corrected chi connectivity index (χ1v) is 12.0. The van der Waals surface area contributed by atoms with Crippen LogP contribution in [0.15, 0.2) is 12.3 Å². The molecule has 5 heterocycles. The zero-order valence-electron chi connectivity index (χ0n) is 17.1. The molecule has 3 aliphatic rings. The molecule has 3 fully saturated rings. The summed E-state index contributed by atoms with van der Waals surface area (Å²) in [5, 5.41) is 4.85. The second-order valence-corrected chi connectivity index (χ2v) is 9.87. The highest BCUT2D eigenvalue weighted by Gasteiger charge is 2.35. The largest absolute Gasteiger partial charge is 0.355 e. The fraction of sp³-hybridized carbons (Fsp3) is 0.667.